The van der Waals surface area contributed by atoms with E-state index in [1.54, 1.807) is 0 Å². The molecule has 0 aromatic carbocycles. The zero-order valence-electron chi connectivity index (χ0n) is 16.0. The molecule has 0 aliphatic rings. The number of hydrogen-bond donors (Lipinski definition) is 0. The first kappa shape index (κ1) is 23.4. The Kier molecular flexibility index (Phi) is 18.2. The van der Waals surface area contributed by atoms with Gasteiger partial charge in [-0.15, -0.1) is 0 Å². The summed E-state index contributed by atoms with van der Waals surface area (Å²) >= 11 is 0. The van der Waals surface area contributed by atoms with Crippen LogP contribution in [-0.2, 0) is 23.7 Å². The van der Waals surface area contributed by atoms with E-state index >= 15 is 0 Å². The highest BCUT2D eigenvalue weighted by Gasteiger charge is 2.04. The standard InChI is InChI=1S/C19H38O5/c1-4-5-6-7-8-9-12-21-14-16-23-17-15-22-13-10-11-19(20)24-18(2)3/h18H,4-17H2,1-3H3. The minimum Gasteiger partial charge on any atom is -0.463 e. The number of ether oxygens (including phenoxy) is 4. The third-order valence-electron chi connectivity index (χ3n) is 3.42. The van der Waals surface area contributed by atoms with E-state index in [2.05, 4.69) is 6.92 Å². The van der Waals surface area contributed by atoms with Crippen molar-refractivity contribution >= 4 is 5.97 Å². The lowest BCUT2D eigenvalue weighted by Gasteiger charge is -2.08. The number of rotatable bonds is 18. The Morgan fingerprint density at radius 1 is 0.708 bits per heavy atom. The molecule has 0 aliphatic heterocycles. The van der Waals surface area contributed by atoms with Crippen LogP contribution in [0.4, 0.5) is 0 Å². The maximum Gasteiger partial charge on any atom is 0.306 e. The van der Waals surface area contributed by atoms with Crippen LogP contribution in [0.5, 0.6) is 0 Å². The maximum absolute atomic E-state index is 11.3. The summed E-state index contributed by atoms with van der Waals surface area (Å²) in [7, 11) is 0. The highest BCUT2D eigenvalue weighted by atomic mass is 16.5. The number of hydrogen-bond acceptors (Lipinski definition) is 5. The smallest absolute Gasteiger partial charge is 0.306 e. The monoisotopic (exact) mass is 346 g/mol. The van der Waals surface area contributed by atoms with Crippen LogP contribution in [0, 0.1) is 0 Å². The molecule has 0 aliphatic carbocycles. The predicted octanol–water partition coefficient (Wildman–Crippen LogP) is 4.13. The quantitative estimate of drug-likeness (QED) is 0.276. The first-order valence-electron chi connectivity index (χ1n) is 9.59. The average molecular weight is 347 g/mol. The molecule has 0 amide bonds. The first-order valence-corrected chi connectivity index (χ1v) is 9.59. The van der Waals surface area contributed by atoms with Crippen molar-refractivity contribution in [1.29, 1.82) is 0 Å². The van der Waals surface area contributed by atoms with E-state index in [9.17, 15) is 4.79 Å². The van der Waals surface area contributed by atoms with Gasteiger partial charge in [0.2, 0.25) is 0 Å². The van der Waals surface area contributed by atoms with Crippen LogP contribution >= 0.6 is 0 Å². The van der Waals surface area contributed by atoms with Crippen molar-refractivity contribution in [3.63, 3.8) is 0 Å². The van der Waals surface area contributed by atoms with Crippen LogP contribution < -0.4 is 0 Å². The summed E-state index contributed by atoms with van der Waals surface area (Å²) in [6.07, 6.45) is 8.76. The van der Waals surface area contributed by atoms with Gasteiger partial charge in [0.05, 0.1) is 32.5 Å². The largest absolute Gasteiger partial charge is 0.463 e. The molecule has 0 aromatic rings. The lowest BCUT2D eigenvalue weighted by Crippen LogP contribution is -2.13. The zero-order valence-corrected chi connectivity index (χ0v) is 16.0. The summed E-state index contributed by atoms with van der Waals surface area (Å²) in [5.74, 6) is -0.160. The Hall–Kier alpha value is -0.650. The van der Waals surface area contributed by atoms with Gasteiger partial charge < -0.3 is 18.9 Å². The van der Waals surface area contributed by atoms with E-state index in [0.29, 0.717) is 45.9 Å². The second kappa shape index (κ2) is 18.7. The Balaban J connectivity index is 3.06. The van der Waals surface area contributed by atoms with E-state index in [-0.39, 0.29) is 12.1 Å². The van der Waals surface area contributed by atoms with Crippen LogP contribution in [-0.4, -0.2) is 51.7 Å². The molecule has 0 unspecified atom stereocenters. The van der Waals surface area contributed by atoms with E-state index in [0.717, 1.165) is 13.0 Å². The number of carbonyl (C=O) groups is 1. The molecule has 0 rings (SSSR count). The molecular formula is C19H38O5. The van der Waals surface area contributed by atoms with Crippen molar-refractivity contribution < 1.29 is 23.7 Å². The number of esters is 1. The summed E-state index contributed by atoms with van der Waals surface area (Å²) in [5.41, 5.74) is 0. The average Bonchev–Trinajstić information content (AvgIpc) is 2.53. The van der Waals surface area contributed by atoms with Crippen molar-refractivity contribution in [3.05, 3.63) is 0 Å². The van der Waals surface area contributed by atoms with Crippen LogP contribution in [0.25, 0.3) is 0 Å². The second-order valence-electron chi connectivity index (χ2n) is 6.25. The maximum atomic E-state index is 11.3. The van der Waals surface area contributed by atoms with Gasteiger partial charge in [-0.25, -0.2) is 0 Å². The van der Waals surface area contributed by atoms with Gasteiger partial charge in [0.15, 0.2) is 0 Å². The summed E-state index contributed by atoms with van der Waals surface area (Å²) in [6.45, 7) is 9.71. The predicted molar refractivity (Wildman–Crippen MR) is 96.3 cm³/mol. The molecule has 0 aromatic heterocycles. The lowest BCUT2D eigenvalue weighted by molar-refractivity contribution is -0.147. The van der Waals surface area contributed by atoms with Gasteiger partial charge in [-0.3, -0.25) is 4.79 Å². The molecule has 0 atom stereocenters. The number of carbonyl (C=O) groups excluding carboxylic acids is 1. The Morgan fingerprint density at radius 3 is 1.79 bits per heavy atom. The van der Waals surface area contributed by atoms with Gasteiger partial charge in [0.25, 0.3) is 0 Å². The Bertz CT molecular complexity index is 268. The lowest BCUT2D eigenvalue weighted by atomic mass is 10.1. The van der Waals surface area contributed by atoms with Gasteiger partial charge >= 0.3 is 5.97 Å². The van der Waals surface area contributed by atoms with Gasteiger partial charge in [-0.2, -0.15) is 0 Å². The molecular weight excluding hydrogens is 308 g/mol. The minimum absolute atomic E-state index is 0.0462. The molecule has 0 saturated carbocycles. The van der Waals surface area contributed by atoms with E-state index in [1.165, 1.54) is 32.1 Å². The van der Waals surface area contributed by atoms with Gasteiger partial charge in [-0.1, -0.05) is 39.0 Å². The number of unbranched alkanes of at least 4 members (excludes halogenated alkanes) is 5. The van der Waals surface area contributed by atoms with Gasteiger partial charge in [-0.05, 0) is 26.7 Å². The SMILES string of the molecule is CCCCCCCCOCCOCCOCCCC(=O)OC(C)C. The molecule has 0 radical (unpaired) electrons. The van der Waals surface area contributed by atoms with Gasteiger partial charge in [0.1, 0.15) is 0 Å². The van der Waals surface area contributed by atoms with Crippen LogP contribution in [0.1, 0.15) is 72.1 Å². The molecule has 5 heteroatoms. The summed E-state index contributed by atoms with van der Waals surface area (Å²) in [5, 5.41) is 0. The second-order valence-corrected chi connectivity index (χ2v) is 6.25. The highest BCUT2D eigenvalue weighted by molar-refractivity contribution is 5.69. The molecule has 0 N–H and O–H groups in total. The van der Waals surface area contributed by atoms with Crippen LogP contribution in [0.15, 0.2) is 0 Å². The molecule has 144 valence electrons. The summed E-state index contributed by atoms with van der Waals surface area (Å²) < 4.78 is 21.4. The third-order valence-corrected chi connectivity index (χ3v) is 3.42. The Morgan fingerprint density at radius 2 is 1.21 bits per heavy atom. The van der Waals surface area contributed by atoms with Crippen LogP contribution in [0.3, 0.4) is 0 Å². The first-order chi connectivity index (χ1) is 11.7. The van der Waals surface area contributed by atoms with Crippen LogP contribution in [0.2, 0.25) is 0 Å². The molecule has 24 heavy (non-hydrogen) atoms. The fraction of sp³-hybridized carbons (Fsp3) is 0.947. The Labute approximate surface area is 148 Å². The van der Waals surface area contributed by atoms with Crippen molar-refractivity contribution in [3.8, 4) is 0 Å². The van der Waals surface area contributed by atoms with E-state index in [4.69, 9.17) is 18.9 Å². The van der Waals surface area contributed by atoms with Gasteiger partial charge in [0, 0.05) is 19.6 Å². The van der Waals surface area contributed by atoms with E-state index < -0.39 is 0 Å². The molecule has 5 nitrogen and oxygen atoms in total. The van der Waals surface area contributed by atoms with E-state index in [1.807, 2.05) is 13.8 Å². The van der Waals surface area contributed by atoms with Crippen molar-refractivity contribution in [1.82, 2.24) is 0 Å². The topological polar surface area (TPSA) is 54.0 Å². The fourth-order valence-corrected chi connectivity index (χ4v) is 2.17. The minimum atomic E-state index is -0.160. The fourth-order valence-electron chi connectivity index (χ4n) is 2.17. The molecule has 0 heterocycles. The molecule has 0 spiro atoms. The molecule has 0 saturated heterocycles. The van der Waals surface area contributed by atoms with Crippen molar-refractivity contribution in [2.24, 2.45) is 0 Å². The summed E-state index contributed by atoms with van der Waals surface area (Å²) in [6, 6.07) is 0. The highest BCUT2D eigenvalue weighted by Crippen LogP contribution is 2.04. The summed E-state index contributed by atoms with van der Waals surface area (Å²) in [4.78, 5) is 11.3. The zero-order chi connectivity index (χ0) is 17.9. The van der Waals surface area contributed by atoms with Crippen molar-refractivity contribution in [2.45, 2.75) is 78.2 Å². The third kappa shape index (κ3) is 19.4. The normalized spacial score (nSPS) is 11.2. The molecule has 0 fully saturated rings. The molecule has 0 bridgehead atoms. The van der Waals surface area contributed by atoms with Crippen molar-refractivity contribution in [2.75, 3.05) is 39.6 Å².